The SMILES string of the molecule is O=C(Oc1ccc2c(c1)OCO2)c1ccc(F)cc1. The summed E-state index contributed by atoms with van der Waals surface area (Å²) in [6.07, 6.45) is 0. The Kier molecular flexibility index (Phi) is 2.79. The monoisotopic (exact) mass is 260 g/mol. The summed E-state index contributed by atoms with van der Waals surface area (Å²) in [5.74, 6) is 0.531. The maximum Gasteiger partial charge on any atom is 0.343 e. The van der Waals surface area contributed by atoms with E-state index in [0.29, 0.717) is 17.2 Å². The van der Waals surface area contributed by atoms with Gasteiger partial charge in [-0.3, -0.25) is 0 Å². The number of halogens is 1. The zero-order valence-electron chi connectivity index (χ0n) is 9.76. The second-order valence-electron chi connectivity index (χ2n) is 3.91. The van der Waals surface area contributed by atoms with Gasteiger partial charge in [-0.25, -0.2) is 9.18 Å². The van der Waals surface area contributed by atoms with Gasteiger partial charge in [0.25, 0.3) is 0 Å². The van der Waals surface area contributed by atoms with E-state index in [1.165, 1.54) is 24.3 Å². The fourth-order valence-electron chi connectivity index (χ4n) is 1.69. The minimum Gasteiger partial charge on any atom is -0.454 e. The standard InChI is InChI=1S/C14H9FO4/c15-10-3-1-9(2-4-10)14(16)19-11-5-6-12-13(7-11)18-8-17-12/h1-7H,8H2. The van der Waals surface area contributed by atoms with Gasteiger partial charge in [-0.2, -0.15) is 0 Å². The predicted octanol–water partition coefficient (Wildman–Crippen LogP) is 2.77. The van der Waals surface area contributed by atoms with E-state index in [0.717, 1.165) is 0 Å². The van der Waals surface area contributed by atoms with Gasteiger partial charge in [0, 0.05) is 6.07 Å². The van der Waals surface area contributed by atoms with E-state index in [2.05, 4.69) is 0 Å². The largest absolute Gasteiger partial charge is 0.454 e. The molecule has 0 saturated carbocycles. The number of esters is 1. The van der Waals surface area contributed by atoms with Crippen LogP contribution in [0.2, 0.25) is 0 Å². The van der Waals surface area contributed by atoms with E-state index in [1.54, 1.807) is 18.2 Å². The smallest absolute Gasteiger partial charge is 0.343 e. The van der Waals surface area contributed by atoms with Crippen molar-refractivity contribution < 1.29 is 23.4 Å². The van der Waals surface area contributed by atoms with E-state index in [4.69, 9.17) is 14.2 Å². The highest BCUT2D eigenvalue weighted by atomic mass is 19.1. The van der Waals surface area contributed by atoms with Gasteiger partial charge in [-0.05, 0) is 36.4 Å². The van der Waals surface area contributed by atoms with Gasteiger partial charge in [0.15, 0.2) is 11.5 Å². The first kappa shape index (κ1) is 11.5. The molecule has 0 bridgehead atoms. The maximum atomic E-state index is 12.7. The Morgan fingerprint density at radius 1 is 1.05 bits per heavy atom. The molecule has 0 aromatic heterocycles. The van der Waals surface area contributed by atoms with E-state index in [9.17, 15) is 9.18 Å². The van der Waals surface area contributed by atoms with Crippen molar-refractivity contribution >= 4 is 5.97 Å². The summed E-state index contributed by atoms with van der Waals surface area (Å²) in [6, 6.07) is 9.98. The summed E-state index contributed by atoms with van der Waals surface area (Å²) in [6.45, 7) is 0.157. The van der Waals surface area contributed by atoms with Crippen LogP contribution in [0.4, 0.5) is 4.39 Å². The molecule has 0 N–H and O–H groups in total. The van der Waals surface area contributed by atoms with Crippen molar-refractivity contribution in [2.45, 2.75) is 0 Å². The number of hydrogen-bond donors (Lipinski definition) is 0. The van der Waals surface area contributed by atoms with Crippen LogP contribution in [-0.2, 0) is 0 Å². The van der Waals surface area contributed by atoms with Crippen LogP contribution in [0.25, 0.3) is 0 Å². The van der Waals surface area contributed by atoms with Crippen molar-refractivity contribution in [2.24, 2.45) is 0 Å². The summed E-state index contributed by atoms with van der Waals surface area (Å²) in [7, 11) is 0. The van der Waals surface area contributed by atoms with Crippen LogP contribution in [0.3, 0.4) is 0 Å². The molecule has 3 rings (SSSR count). The highest BCUT2D eigenvalue weighted by molar-refractivity contribution is 5.91. The molecule has 0 atom stereocenters. The Hall–Kier alpha value is -2.56. The van der Waals surface area contributed by atoms with Crippen molar-refractivity contribution in [1.82, 2.24) is 0 Å². The van der Waals surface area contributed by atoms with Crippen LogP contribution in [0.1, 0.15) is 10.4 Å². The minimum atomic E-state index is -0.557. The van der Waals surface area contributed by atoms with Crippen molar-refractivity contribution in [1.29, 1.82) is 0 Å². The second kappa shape index (κ2) is 4.61. The number of benzene rings is 2. The molecular formula is C14H9FO4. The quantitative estimate of drug-likeness (QED) is 0.615. The molecule has 0 radical (unpaired) electrons. The molecule has 0 unspecified atom stereocenters. The molecule has 5 heteroatoms. The lowest BCUT2D eigenvalue weighted by atomic mass is 10.2. The molecule has 0 fully saturated rings. The van der Waals surface area contributed by atoms with Crippen molar-refractivity contribution in [3.05, 3.63) is 53.8 Å². The molecule has 96 valence electrons. The first-order valence-corrected chi connectivity index (χ1v) is 5.60. The van der Waals surface area contributed by atoms with Gasteiger partial charge in [-0.1, -0.05) is 0 Å². The van der Waals surface area contributed by atoms with Gasteiger partial charge in [0.2, 0.25) is 6.79 Å². The minimum absolute atomic E-state index is 0.157. The molecule has 1 aliphatic rings. The number of carbonyl (C=O) groups is 1. The van der Waals surface area contributed by atoms with E-state index in [1.807, 2.05) is 0 Å². The molecule has 1 heterocycles. The van der Waals surface area contributed by atoms with Crippen molar-refractivity contribution in [3.63, 3.8) is 0 Å². The lowest BCUT2D eigenvalue weighted by Crippen LogP contribution is -2.08. The third-order valence-electron chi connectivity index (χ3n) is 2.63. The Bertz CT molecular complexity index is 622. The highest BCUT2D eigenvalue weighted by Crippen LogP contribution is 2.35. The fourth-order valence-corrected chi connectivity index (χ4v) is 1.69. The zero-order chi connectivity index (χ0) is 13.2. The second-order valence-corrected chi connectivity index (χ2v) is 3.91. The third kappa shape index (κ3) is 2.35. The maximum absolute atomic E-state index is 12.7. The molecule has 19 heavy (non-hydrogen) atoms. The molecule has 2 aromatic rings. The Labute approximate surface area is 108 Å². The number of rotatable bonds is 2. The molecular weight excluding hydrogens is 251 g/mol. The summed E-state index contributed by atoms with van der Waals surface area (Å²) < 4.78 is 28.2. The van der Waals surface area contributed by atoms with Crippen molar-refractivity contribution in [3.8, 4) is 17.2 Å². The summed E-state index contributed by atoms with van der Waals surface area (Å²) in [4.78, 5) is 11.8. The molecule has 0 spiro atoms. The first-order valence-electron chi connectivity index (χ1n) is 5.60. The Balaban J connectivity index is 1.77. The molecule has 0 aliphatic carbocycles. The van der Waals surface area contributed by atoms with E-state index < -0.39 is 11.8 Å². The summed E-state index contributed by atoms with van der Waals surface area (Å²) >= 11 is 0. The van der Waals surface area contributed by atoms with Gasteiger partial charge < -0.3 is 14.2 Å². The molecule has 2 aromatic carbocycles. The first-order chi connectivity index (χ1) is 9.22. The third-order valence-corrected chi connectivity index (χ3v) is 2.63. The highest BCUT2D eigenvalue weighted by Gasteiger charge is 2.15. The Morgan fingerprint density at radius 2 is 1.79 bits per heavy atom. The molecule has 0 amide bonds. The molecule has 1 aliphatic heterocycles. The van der Waals surface area contributed by atoms with Crippen LogP contribution < -0.4 is 14.2 Å². The van der Waals surface area contributed by atoms with Crippen molar-refractivity contribution in [2.75, 3.05) is 6.79 Å². The summed E-state index contributed by atoms with van der Waals surface area (Å²) in [5.41, 5.74) is 0.277. The predicted molar refractivity (Wildman–Crippen MR) is 63.9 cm³/mol. The van der Waals surface area contributed by atoms with E-state index in [-0.39, 0.29) is 12.4 Å². The topological polar surface area (TPSA) is 44.8 Å². The average molecular weight is 260 g/mol. The van der Waals surface area contributed by atoms with Crippen LogP contribution >= 0.6 is 0 Å². The molecule has 0 saturated heterocycles. The summed E-state index contributed by atoms with van der Waals surface area (Å²) in [5, 5.41) is 0. The lowest BCUT2D eigenvalue weighted by Gasteiger charge is -2.05. The van der Waals surface area contributed by atoms with Gasteiger partial charge in [0.05, 0.1) is 5.56 Å². The van der Waals surface area contributed by atoms with Crippen LogP contribution in [0.5, 0.6) is 17.2 Å². The van der Waals surface area contributed by atoms with Crippen LogP contribution in [0.15, 0.2) is 42.5 Å². The lowest BCUT2D eigenvalue weighted by molar-refractivity contribution is 0.0734. The number of carbonyl (C=O) groups excluding carboxylic acids is 1. The number of ether oxygens (including phenoxy) is 3. The van der Waals surface area contributed by atoms with Gasteiger partial charge in [0.1, 0.15) is 11.6 Å². The molecule has 4 nitrogen and oxygen atoms in total. The van der Waals surface area contributed by atoms with Crippen LogP contribution in [0, 0.1) is 5.82 Å². The Morgan fingerprint density at radius 3 is 2.58 bits per heavy atom. The number of fused-ring (bicyclic) bond motifs is 1. The zero-order valence-corrected chi connectivity index (χ0v) is 9.76. The van der Waals surface area contributed by atoms with Gasteiger partial charge >= 0.3 is 5.97 Å². The van der Waals surface area contributed by atoms with E-state index >= 15 is 0 Å². The number of hydrogen-bond acceptors (Lipinski definition) is 4. The normalized spacial score (nSPS) is 12.3. The average Bonchev–Trinajstić information content (AvgIpc) is 2.87. The van der Waals surface area contributed by atoms with Crippen LogP contribution in [-0.4, -0.2) is 12.8 Å². The fraction of sp³-hybridized carbons (Fsp3) is 0.0714. The van der Waals surface area contributed by atoms with Gasteiger partial charge in [-0.15, -0.1) is 0 Å².